The van der Waals surface area contributed by atoms with E-state index in [2.05, 4.69) is 15.0 Å². The normalized spacial score (nSPS) is 22.6. The number of nitrogens with zero attached hydrogens (tertiary/aromatic N) is 3. The highest BCUT2D eigenvalue weighted by Gasteiger charge is 2.27. The van der Waals surface area contributed by atoms with Crippen molar-refractivity contribution < 1.29 is 9.84 Å². The number of imidazole rings is 1. The standard InChI is InChI=1S/C10H13N5O3.H3N/c11-10-13-8-7(9(17)14-10)12-4-15(8)6-2-1-5(3-16)18-6;/h4-6,16H,1-3H2,(H3,11,13,14,17);1H3/t5-,6+;/m0./s1. The van der Waals surface area contributed by atoms with E-state index >= 15 is 0 Å². The van der Waals surface area contributed by atoms with E-state index < -0.39 is 0 Å². The molecule has 0 unspecified atom stereocenters. The molecule has 1 aliphatic heterocycles. The lowest BCUT2D eigenvalue weighted by Crippen LogP contribution is -2.16. The molecule has 2 aromatic rings. The Morgan fingerprint density at radius 2 is 2.37 bits per heavy atom. The number of anilines is 1. The molecule has 0 aromatic carbocycles. The molecule has 1 saturated heterocycles. The van der Waals surface area contributed by atoms with Crippen LogP contribution in [0.3, 0.4) is 0 Å². The summed E-state index contributed by atoms with van der Waals surface area (Å²) in [6.45, 7) is -0.0146. The van der Waals surface area contributed by atoms with Crippen LogP contribution < -0.4 is 17.4 Å². The molecule has 2 aromatic heterocycles. The zero-order valence-electron chi connectivity index (χ0n) is 10.2. The molecule has 0 aliphatic carbocycles. The Morgan fingerprint density at radius 3 is 3.05 bits per heavy atom. The van der Waals surface area contributed by atoms with E-state index in [0.717, 1.165) is 12.8 Å². The number of fused-ring (bicyclic) bond motifs is 1. The summed E-state index contributed by atoms with van der Waals surface area (Å²) in [6.07, 6.45) is 2.58. The lowest BCUT2D eigenvalue weighted by atomic mass is 10.2. The summed E-state index contributed by atoms with van der Waals surface area (Å²) in [5, 5.41) is 9.04. The van der Waals surface area contributed by atoms with Crippen LogP contribution in [0, 0.1) is 0 Å². The molecular weight excluding hydrogens is 252 g/mol. The Balaban J connectivity index is 0.00000133. The van der Waals surface area contributed by atoms with Crippen molar-refractivity contribution in [2.75, 3.05) is 12.3 Å². The minimum Gasteiger partial charge on any atom is -0.394 e. The van der Waals surface area contributed by atoms with Crippen molar-refractivity contribution in [2.24, 2.45) is 0 Å². The average molecular weight is 268 g/mol. The first kappa shape index (κ1) is 13.5. The lowest BCUT2D eigenvalue weighted by molar-refractivity contribution is -0.0207. The predicted molar refractivity (Wildman–Crippen MR) is 67.8 cm³/mol. The van der Waals surface area contributed by atoms with Crippen molar-refractivity contribution in [3.8, 4) is 0 Å². The predicted octanol–water partition coefficient (Wildman–Crippen LogP) is -0.466. The third-order valence-corrected chi connectivity index (χ3v) is 3.05. The molecule has 9 nitrogen and oxygen atoms in total. The number of nitrogens with two attached hydrogens (primary N) is 1. The van der Waals surface area contributed by atoms with Gasteiger partial charge in [0, 0.05) is 0 Å². The molecule has 0 spiro atoms. The summed E-state index contributed by atoms with van der Waals surface area (Å²) in [5.41, 5.74) is 5.79. The lowest BCUT2D eigenvalue weighted by Gasteiger charge is -2.13. The summed E-state index contributed by atoms with van der Waals surface area (Å²) < 4.78 is 7.30. The SMILES string of the molecule is N.Nc1nc2c(ncn2[C@H]2CC[C@@H](CO)O2)c(=O)[nH]1. The Morgan fingerprint density at radius 1 is 1.58 bits per heavy atom. The third-order valence-electron chi connectivity index (χ3n) is 3.05. The molecule has 0 amide bonds. The van der Waals surface area contributed by atoms with Gasteiger partial charge in [0.15, 0.2) is 11.2 Å². The van der Waals surface area contributed by atoms with E-state index in [1.807, 2.05) is 0 Å². The number of aliphatic hydroxyl groups is 1. The number of aliphatic hydroxyl groups excluding tert-OH is 1. The van der Waals surface area contributed by atoms with Crippen LogP contribution in [0.25, 0.3) is 11.2 Å². The van der Waals surface area contributed by atoms with E-state index in [4.69, 9.17) is 15.6 Å². The van der Waals surface area contributed by atoms with Gasteiger partial charge in [-0.15, -0.1) is 0 Å². The van der Waals surface area contributed by atoms with Gasteiger partial charge in [0.2, 0.25) is 5.95 Å². The van der Waals surface area contributed by atoms with Gasteiger partial charge in [-0.05, 0) is 12.8 Å². The zero-order chi connectivity index (χ0) is 12.7. The van der Waals surface area contributed by atoms with Crippen LogP contribution in [0.15, 0.2) is 11.1 Å². The highest BCUT2D eigenvalue weighted by atomic mass is 16.5. The van der Waals surface area contributed by atoms with Gasteiger partial charge in [-0.1, -0.05) is 0 Å². The maximum Gasteiger partial charge on any atom is 0.280 e. The zero-order valence-corrected chi connectivity index (χ0v) is 10.2. The van der Waals surface area contributed by atoms with E-state index in [0.29, 0.717) is 5.65 Å². The summed E-state index contributed by atoms with van der Waals surface area (Å²) in [6, 6.07) is 0. The Bertz CT molecular complexity index is 636. The molecule has 1 fully saturated rings. The highest BCUT2D eigenvalue weighted by molar-refractivity contribution is 5.70. The fourth-order valence-electron chi connectivity index (χ4n) is 2.18. The monoisotopic (exact) mass is 268 g/mol. The molecular formula is C10H16N6O3. The van der Waals surface area contributed by atoms with E-state index in [9.17, 15) is 4.79 Å². The van der Waals surface area contributed by atoms with Gasteiger partial charge in [-0.3, -0.25) is 14.3 Å². The maximum atomic E-state index is 11.6. The first-order valence-electron chi connectivity index (χ1n) is 5.67. The highest BCUT2D eigenvalue weighted by Crippen LogP contribution is 2.29. The summed E-state index contributed by atoms with van der Waals surface area (Å²) in [5.74, 6) is 0.0472. The third kappa shape index (κ3) is 2.18. The minimum atomic E-state index is -0.368. The molecule has 19 heavy (non-hydrogen) atoms. The Kier molecular flexibility index (Phi) is 3.51. The second-order valence-corrected chi connectivity index (χ2v) is 4.25. The molecule has 2 atom stereocenters. The van der Waals surface area contributed by atoms with Crippen molar-refractivity contribution in [1.29, 1.82) is 0 Å². The number of rotatable bonds is 2. The van der Waals surface area contributed by atoms with Crippen molar-refractivity contribution >= 4 is 17.1 Å². The number of ether oxygens (including phenoxy) is 1. The molecule has 0 radical (unpaired) electrons. The molecule has 9 heteroatoms. The number of nitrogens with one attached hydrogen (secondary N) is 1. The van der Waals surface area contributed by atoms with Gasteiger partial charge < -0.3 is 21.7 Å². The second kappa shape index (κ2) is 4.96. The number of H-pyrrole nitrogens is 1. The van der Waals surface area contributed by atoms with Gasteiger partial charge in [-0.25, -0.2) is 4.98 Å². The molecule has 7 N–H and O–H groups in total. The van der Waals surface area contributed by atoms with Crippen molar-refractivity contribution in [3.63, 3.8) is 0 Å². The Labute approximate surface area is 108 Å². The van der Waals surface area contributed by atoms with E-state index in [1.165, 1.54) is 6.33 Å². The second-order valence-electron chi connectivity index (χ2n) is 4.25. The number of aromatic amines is 1. The van der Waals surface area contributed by atoms with Crippen LogP contribution in [0.1, 0.15) is 19.1 Å². The van der Waals surface area contributed by atoms with Crippen LogP contribution in [0.4, 0.5) is 5.95 Å². The Hall–Kier alpha value is -1.97. The number of hydrogen-bond donors (Lipinski definition) is 4. The van der Waals surface area contributed by atoms with Gasteiger partial charge >= 0.3 is 0 Å². The van der Waals surface area contributed by atoms with Crippen LogP contribution in [0.2, 0.25) is 0 Å². The molecule has 0 saturated carbocycles. The number of hydrogen-bond acceptors (Lipinski definition) is 7. The number of aromatic nitrogens is 4. The van der Waals surface area contributed by atoms with Gasteiger partial charge in [-0.2, -0.15) is 4.98 Å². The quantitative estimate of drug-likeness (QED) is 0.574. The van der Waals surface area contributed by atoms with Gasteiger partial charge in [0.05, 0.1) is 19.0 Å². The topological polar surface area (TPSA) is 154 Å². The number of nitrogen functional groups attached to an aromatic ring is 1. The van der Waals surface area contributed by atoms with E-state index in [1.54, 1.807) is 4.57 Å². The van der Waals surface area contributed by atoms with Crippen molar-refractivity contribution in [2.45, 2.75) is 25.2 Å². The minimum absolute atomic E-state index is 0. The fourth-order valence-corrected chi connectivity index (χ4v) is 2.18. The van der Waals surface area contributed by atoms with Crippen LogP contribution in [-0.2, 0) is 4.74 Å². The largest absolute Gasteiger partial charge is 0.394 e. The van der Waals surface area contributed by atoms with Crippen LogP contribution in [0.5, 0.6) is 0 Å². The molecule has 0 bridgehead atoms. The summed E-state index contributed by atoms with van der Waals surface area (Å²) >= 11 is 0. The van der Waals surface area contributed by atoms with Crippen LogP contribution >= 0.6 is 0 Å². The summed E-state index contributed by atoms with van der Waals surface area (Å²) in [4.78, 5) is 22.1. The molecule has 3 heterocycles. The summed E-state index contributed by atoms with van der Waals surface area (Å²) in [7, 11) is 0. The smallest absolute Gasteiger partial charge is 0.280 e. The van der Waals surface area contributed by atoms with Crippen molar-refractivity contribution in [1.82, 2.24) is 25.7 Å². The molecule has 3 rings (SSSR count). The first-order chi connectivity index (χ1) is 8.69. The van der Waals surface area contributed by atoms with E-state index in [-0.39, 0.29) is 42.1 Å². The fraction of sp³-hybridized carbons (Fsp3) is 0.500. The van der Waals surface area contributed by atoms with Gasteiger partial charge in [0.1, 0.15) is 6.23 Å². The molecule has 1 aliphatic rings. The van der Waals surface area contributed by atoms with Gasteiger partial charge in [0.25, 0.3) is 5.56 Å². The average Bonchev–Trinajstić information content (AvgIpc) is 2.93. The first-order valence-corrected chi connectivity index (χ1v) is 5.67. The maximum absolute atomic E-state index is 11.6. The van der Waals surface area contributed by atoms with Crippen molar-refractivity contribution in [3.05, 3.63) is 16.7 Å². The molecule has 104 valence electrons. The van der Waals surface area contributed by atoms with Crippen LogP contribution in [-0.4, -0.2) is 37.3 Å².